The summed E-state index contributed by atoms with van der Waals surface area (Å²) >= 11 is 0. The molecule has 1 saturated heterocycles. The predicted octanol–water partition coefficient (Wildman–Crippen LogP) is 6.53. The van der Waals surface area contributed by atoms with E-state index in [4.69, 9.17) is 9.84 Å². The molecule has 1 aliphatic heterocycles. The Kier molecular flexibility index (Phi) is 26.2. The molecule has 232 valence electrons. The number of ether oxygens (including phenoxy) is 1. The van der Waals surface area contributed by atoms with Crippen LogP contribution in [0.2, 0.25) is 0 Å². The summed E-state index contributed by atoms with van der Waals surface area (Å²) in [6.07, 6.45) is 22.5. The molecule has 0 aromatic heterocycles. The average molecular weight is 557 g/mol. The predicted molar refractivity (Wildman–Crippen MR) is 162 cm³/mol. The van der Waals surface area contributed by atoms with Gasteiger partial charge in [-0.05, 0) is 46.0 Å². The molecule has 2 unspecified atom stereocenters. The van der Waals surface area contributed by atoms with Gasteiger partial charge in [-0.1, -0.05) is 90.4 Å². The van der Waals surface area contributed by atoms with Gasteiger partial charge < -0.3 is 25.2 Å². The van der Waals surface area contributed by atoms with Gasteiger partial charge in [-0.25, -0.2) is 0 Å². The van der Waals surface area contributed by atoms with Crippen molar-refractivity contribution in [1.82, 2.24) is 10.2 Å². The zero-order valence-corrected chi connectivity index (χ0v) is 26.1. The molecule has 0 aliphatic carbocycles. The molecule has 2 amide bonds. The second-order valence-electron chi connectivity index (χ2n) is 11.5. The number of rotatable bonds is 24. The SMILES string of the molecule is CCCCCCCCCCCCCCCC(=O)NC(CO)CCCCC(=O)N1CCCC1COC(C)C.CO. The van der Waals surface area contributed by atoms with Crippen LogP contribution < -0.4 is 5.32 Å². The van der Waals surface area contributed by atoms with Crippen LogP contribution >= 0.6 is 0 Å². The van der Waals surface area contributed by atoms with Crippen LogP contribution in [0.4, 0.5) is 0 Å². The second-order valence-corrected chi connectivity index (χ2v) is 11.5. The minimum Gasteiger partial charge on any atom is -0.400 e. The fourth-order valence-electron chi connectivity index (χ4n) is 5.26. The quantitative estimate of drug-likeness (QED) is 0.117. The molecule has 7 nitrogen and oxygen atoms in total. The number of amides is 2. The fraction of sp³-hybridized carbons (Fsp3) is 0.938. The van der Waals surface area contributed by atoms with Crippen LogP contribution in [0.1, 0.15) is 149 Å². The minimum absolute atomic E-state index is 0.0426. The van der Waals surface area contributed by atoms with Crippen molar-refractivity contribution in [1.29, 1.82) is 0 Å². The van der Waals surface area contributed by atoms with E-state index in [9.17, 15) is 14.7 Å². The Hall–Kier alpha value is -1.18. The molecule has 0 saturated carbocycles. The third-order valence-electron chi connectivity index (χ3n) is 7.61. The standard InChI is InChI=1S/C31H60N2O4.CH4O/c1-4-5-6-7-8-9-10-11-12-13-14-15-16-22-30(35)32-28(25-34)20-17-18-23-31(36)33-24-19-21-29(33)26-37-27(2)3;1-2/h27-29,34H,4-26H2,1-3H3,(H,32,35);2H,1H3. The van der Waals surface area contributed by atoms with Crippen LogP contribution in [0, 0.1) is 0 Å². The lowest BCUT2D eigenvalue weighted by molar-refractivity contribution is -0.133. The van der Waals surface area contributed by atoms with Gasteiger partial charge in [0.25, 0.3) is 0 Å². The van der Waals surface area contributed by atoms with Gasteiger partial charge >= 0.3 is 0 Å². The second kappa shape index (κ2) is 27.0. The lowest BCUT2D eigenvalue weighted by Crippen LogP contribution is -2.39. The number of carbonyl (C=O) groups is 2. The molecule has 1 aliphatic rings. The van der Waals surface area contributed by atoms with E-state index in [-0.39, 0.29) is 36.6 Å². The van der Waals surface area contributed by atoms with E-state index in [0.717, 1.165) is 52.2 Å². The van der Waals surface area contributed by atoms with Crippen LogP contribution in [0.15, 0.2) is 0 Å². The number of unbranched alkanes of at least 4 members (excludes halogenated alkanes) is 13. The highest BCUT2D eigenvalue weighted by atomic mass is 16.5. The molecule has 39 heavy (non-hydrogen) atoms. The number of carbonyl (C=O) groups excluding carboxylic acids is 2. The van der Waals surface area contributed by atoms with Gasteiger partial charge in [-0.3, -0.25) is 9.59 Å². The first-order chi connectivity index (χ1) is 19.0. The Morgan fingerprint density at radius 2 is 1.38 bits per heavy atom. The molecule has 0 radical (unpaired) electrons. The normalized spacial score (nSPS) is 15.8. The average Bonchev–Trinajstić information content (AvgIpc) is 3.41. The highest BCUT2D eigenvalue weighted by Crippen LogP contribution is 2.20. The van der Waals surface area contributed by atoms with Crippen LogP contribution in [0.25, 0.3) is 0 Å². The Morgan fingerprint density at radius 1 is 0.846 bits per heavy atom. The van der Waals surface area contributed by atoms with Crippen molar-refractivity contribution in [3.05, 3.63) is 0 Å². The zero-order chi connectivity index (χ0) is 29.1. The van der Waals surface area contributed by atoms with Crippen molar-refractivity contribution < 1.29 is 24.5 Å². The van der Waals surface area contributed by atoms with Gasteiger partial charge in [-0.2, -0.15) is 0 Å². The van der Waals surface area contributed by atoms with E-state index in [1.807, 2.05) is 18.7 Å². The maximum Gasteiger partial charge on any atom is 0.222 e. The molecule has 3 N–H and O–H groups in total. The summed E-state index contributed by atoms with van der Waals surface area (Å²) in [4.78, 5) is 26.9. The lowest BCUT2D eigenvalue weighted by atomic mass is 10.0. The number of hydrogen-bond acceptors (Lipinski definition) is 5. The number of likely N-dealkylation sites (tertiary alicyclic amines) is 1. The largest absolute Gasteiger partial charge is 0.400 e. The summed E-state index contributed by atoms with van der Waals surface area (Å²) in [6.45, 7) is 7.73. The van der Waals surface area contributed by atoms with E-state index >= 15 is 0 Å². The topological polar surface area (TPSA) is 99.1 Å². The number of aliphatic hydroxyl groups is 2. The zero-order valence-electron chi connectivity index (χ0n) is 26.1. The summed E-state index contributed by atoms with van der Waals surface area (Å²) in [7, 11) is 1.00. The maximum absolute atomic E-state index is 12.6. The van der Waals surface area contributed by atoms with Gasteiger partial charge in [-0.15, -0.1) is 0 Å². The Labute approximate surface area is 240 Å². The summed E-state index contributed by atoms with van der Waals surface area (Å²) < 4.78 is 5.73. The van der Waals surface area contributed by atoms with E-state index in [1.54, 1.807) is 0 Å². The molecular weight excluding hydrogens is 492 g/mol. The molecule has 0 spiro atoms. The van der Waals surface area contributed by atoms with Crippen molar-refractivity contribution in [3.8, 4) is 0 Å². The van der Waals surface area contributed by atoms with Gasteiger partial charge in [0, 0.05) is 26.5 Å². The number of nitrogens with zero attached hydrogens (tertiary/aromatic N) is 1. The summed E-state index contributed by atoms with van der Waals surface area (Å²) in [5.41, 5.74) is 0. The number of aliphatic hydroxyl groups excluding tert-OH is 2. The molecule has 0 aromatic carbocycles. The van der Waals surface area contributed by atoms with E-state index < -0.39 is 0 Å². The van der Waals surface area contributed by atoms with Crippen LogP contribution in [-0.4, -0.2) is 72.0 Å². The number of hydrogen-bond donors (Lipinski definition) is 3. The Bertz CT molecular complexity index is 573. The molecule has 7 heteroatoms. The highest BCUT2D eigenvalue weighted by molar-refractivity contribution is 5.77. The third kappa shape index (κ3) is 21.3. The Balaban J connectivity index is 0.00000704. The number of nitrogens with one attached hydrogen (secondary N) is 1. The molecular formula is C32H64N2O5. The van der Waals surface area contributed by atoms with Crippen LogP contribution in [0.3, 0.4) is 0 Å². The first-order valence-electron chi connectivity index (χ1n) is 16.2. The lowest BCUT2D eigenvalue weighted by Gasteiger charge is -2.25. The molecule has 0 bridgehead atoms. The van der Waals surface area contributed by atoms with E-state index in [2.05, 4.69) is 12.2 Å². The molecule has 1 fully saturated rings. The van der Waals surface area contributed by atoms with Crippen LogP contribution in [0.5, 0.6) is 0 Å². The third-order valence-corrected chi connectivity index (χ3v) is 7.61. The smallest absolute Gasteiger partial charge is 0.222 e. The van der Waals surface area contributed by atoms with Crippen molar-refractivity contribution in [2.24, 2.45) is 0 Å². The summed E-state index contributed by atoms with van der Waals surface area (Å²) in [6, 6.07) is 0.00744. The van der Waals surface area contributed by atoms with Crippen molar-refractivity contribution in [2.45, 2.75) is 167 Å². The van der Waals surface area contributed by atoms with Crippen molar-refractivity contribution in [3.63, 3.8) is 0 Å². The van der Waals surface area contributed by atoms with E-state index in [1.165, 1.54) is 70.6 Å². The first-order valence-corrected chi connectivity index (χ1v) is 16.2. The monoisotopic (exact) mass is 556 g/mol. The van der Waals surface area contributed by atoms with Gasteiger partial charge in [0.05, 0.1) is 31.4 Å². The summed E-state index contributed by atoms with van der Waals surface area (Å²) in [5.74, 6) is 0.255. The molecule has 1 rings (SSSR count). The summed E-state index contributed by atoms with van der Waals surface area (Å²) in [5, 5.41) is 19.7. The molecule has 1 heterocycles. The highest BCUT2D eigenvalue weighted by Gasteiger charge is 2.28. The van der Waals surface area contributed by atoms with Gasteiger partial charge in [0.1, 0.15) is 0 Å². The molecule has 0 aromatic rings. The van der Waals surface area contributed by atoms with Crippen LogP contribution in [-0.2, 0) is 14.3 Å². The van der Waals surface area contributed by atoms with Crippen molar-refractivity contribution >= 4 is 11.8 Å². The molecule has 2 atom stereocenters. The van der Waals surface area contributed by atoms with E-state index in [0.29, 0.717) is 25.9 Å². The van der Waals surface area contributed by atoms with Gasteiger partial charge in [0.15, 0.2) is 0 Å². The first kappa shape index (κ1) is 37.8. The fourth-order valence-corrected chi connectivity index (χ4v) is 5.26. The van der Waals surface area contributed by atoms with Crippen molar-refractivity contribution in [2.75, 3.05) is 26.9 Å². The maximum atomic E-state index is 12.6. The van der Waals surface area contributed by atoms with Gasteiger partial charge in [0.2, 0.25) is 11.8 Å². The minimum atomic E-state index is -0.205. The Morgan fingerprint density at radius 3 is 1.92 bits per heavy atom.